The molecule has 26 heavy (non-hydrogen) atoms. The Labute approximate surface area is 149 Å². The molecule has 0 bridgehead atoms. The van der Waals surface area contributed by atoms with Gasteiger partial charge >= 0.3 is 0 Å². The summed E-state index contributed by atoms with van der Waals surface area (Å²) in [7, 11) is 0. The molecule has 1 fully saturated rings. The highest BCUT2D eigenvalue weighted by Crippen LogP contribution is 2.25. The fraction of sp³-hybridized carbons (Fsp3) is 0.294. The maximum absolute atomic E-state index is 14.3. The lowest BCUT2D eigenvalue weighted by Crippen LogP contribution is -2.48. The van der Waals surface area contributed by atoms with Crippen LogP contribution in [0.4, 0.5) is 10.3 Å². The first-order chi connectivity index (χ1) is 12.6. The average Bonchev–Trinajstić information content (AvgIpc) is 2.60. The number of nitrogens with zero attached hydrogens (tertiary/aromatic N) is 4. The van der Waals surface area contributed by atoms with Gasteiger partial charge in [-0.2, -0.15) is 0 Å². The minimum Gasteiger partial charge on any atom is -0.395 e. The smallest absolute Gasteiger partial charge is 0.225 e. The van der Waals surface area contributed by atoms with E-state index in [-0.39, 0.29) is 25.2 Å². The van der Waals surface area contributed by atoms with Crippen LogP contribution in [0.1, 0.15) is 12.0 Å². The number of anilines is 1. The Morgan fingerprint density at radius 1 is 1.35 bits per heavy atom. The van der Waals surface area contributed by atoms with Crippen LogP contribution in [0.5, 0.6) is 0 Å². The van der Waals surface area contributed by atoms with E-state index in [2.05, 4.69) is 15.1 Å². The fourth-order valence-electron chi connectivity index (χ4n) is 2.43. The predicted octanol–water partition coefficient (Wildman–Crippen LogP) is 0.843. The number of aliphatic hydroxyl groups excluding tert-OH is 1. The number of aromatic nitrogens is 2. The highest BCUT2D eigenvalue weighted by atomic mass is 19.1. The van der Waals surface area contributed by atoms with Crippen molar-refractivity contribution in [1.82, 2.24) is 9.97 Å². The van der Waals surface area contributed by atoms with Crippen LogP contribution in [0.15, 0.2) is 35.7 Å². The maximum Gasteiger partial charge on any atom is 0.225 e. The molecule has 2 aromatic rings. The zero-order valence-corrected chi connectivity index (χ0v) is 13.9. The average molecular weight is 359 g/mol. The van der Waals surface area contributed by atoms with Crippen LogP contribution in [-0.4, -0.2) is 46.4 Å². The Bertz CT molecular complexity index is 818. The molecule has 0 radical (unpaired) electrons. The summed E-state index contributed by atoms with van der Waals surface area (Å²) in [6, 6.07) is 4.82. The number of oxime groups is 1. The number of primary amides is 1. The van der Waals surface area contributed by atoms with Crippen LogP contribution in [-0.2, 0) is 16.2 Å². The highest BCUT2D eigenvalue weighted by Gasteiger charge is 2.25. The van der Waals surface area contributed by atoms with E-state index < -0.39 is 11.7 Å². The van der Waals surface area contributed by atoms with E-state index in [9.17, 15) is 9.18 Å². The third-order valence-electron chi connectivity index (χ3n) is 3.86. The standard InChI is InChI=1S/C17H18FN5O3/c18-16-11(10-24)2-1-3-14(16)12-6-20-17(21-7-12)23-8-13(9-23)22-26-5-4-15(19)25/h1-3,6-7,24H,4-5,8-10H2,(H2,19,25). The quantitative estimate of drug-likeness (QED) is 0.559. The number of nitrogens with two attached hydrogens (primary N) is 1. The van der Waals surface area contributed by atoms with Gasteiger partial charge in [0.05, 0.1) is 31.8 Å². The summed E-state index contributed by atoms with van der Waals surface area (Å²) in [6.07, 6.45) is 3.21. The van der Waals surface area contributed by atoms with Gasteiger partial charge in [-0.1, -0.05) is 23.4 Å². The van der Waals surface area contributed by atoms with E-state index in [0.29, 0.717) is 30.2 Å². The van der Waals surface area contributed by atoms with Gasteiger partial charge in [-0.3, -0.25) is 4.79 Å². The van der Waals surface area contributed by atoms with Crippen molar-refractivity contribution in [2.75, 3.05) is 24.6 Å². The molecule has 1 aromatic carbocycles. The summed E-state index contributed by atoms with van der Waals surface area (Å²) in [6.45, 7) is 0.826. The Hall–Kier alpha value is -3.07. The molecule has 0 aliphatic carbocycles. The summed E-state index contributed by atoms with van der Waals surface area (Å²) in [5.41, 5.74) is 6.92. The van der Waals surface area contributed by atoms with Gasteiger partial charge in [0, 0.05) is 29.1 Å². The number of amides is 1. The van der Waals surface area contributed by atoms with E-state index in [1.54, 1.807) is 24.5 Å². The van der Waals surface area contributed by atoms with E-state index in [1.807, 2.05) is 4.90 Å². The van der Waals surface area contributed by atoms with Crippen molar-refractivity contribution in [2.45, 2.75) is 13.0 Å². The molecule has 8 nitrogen and oxygen atoms in total. The van der Waals surface area contributed by atoms with Gasteiger partial charge in [0.1, 0.15) is 12.4 Å². The molecular weight excluding hydrogens is 341 g/mol. The third kappa shape index (κ3) is 3.94. The second-order valence-electron chi connectivity index (χ2n) is 5.77. The van der Waals surface area contributed by atoms with E-state index in [1.165, 1.54) is 6.07 Å². The minimum absolute atomic E-state index is 0.124. The van der Waals surface area contributed by atoms with Crippen molar-refractivity contribution in [1.29, 1.82) is 0 Å². The normalized spacial score (nSPS) is 13.3. The molecule has 9 heteroatoms. The monoisotopic (exact) mass is 359 g/mol. The lowest BCUT2D eigenvalue weighted by Gasteiger charge is -2.31. The zero-order valence-electron chi connectivity index (χ0n) is 13.9. The highest BCUT2D eigenvalue weighted by molar-refractivity contribution is 5.98. The molecule has 0 atom stereocenters. The molecule has 0 unspecified atom stereocenters. The first-order valence-corrected chi connectivity index (χ1v) is 8.00. The van der Waals surface area contributed by atoms with Crippen molar-refractivity contribution in [2.24, 2.45) is 10.9 Å². The Morgan fingerprint density at radius 2 is 2.08 bits per heavy atom. The Kier molecular flexibility index (Phi) is 5.37. The van der Waals surface area contributed by atoms with Gasteiger partial charge in [0.15, 0.2) is 0 Å². The molecule has 1 aliphatic rings. The van der Waals surface area contributed by atoms with E-state index in [4.69, 9.17) is 15.7 Å². The van der Waals surface area contributed by atoms with Gasteiger partial charge in [-0.15, -0.1) is 0 Å². The van der Waals surface area contributed by atoms with Crippen molar-refractivity contribution in [3.05, 3.63) is 42.0 Å². The number of carbonyl (C=O) groups is 1. The lowest BCUT2D eigenvalue weighted by molar-refractivity contribution is -0.119. The number of rotatable bonds is 7. The molecule has 2 heterocycles. The molecule has 1 saturated heterocycles. The molecule has 0 saturated carbocycles. The summed E-state index contributed by atoms with van der Waals surface area (Å²) in [5, 5.41) is 13.1. The number of aliphatic hydroxyl groups is 1. The van der Waals surface area contributed by atoms with Crippen LogP contribution in [0, 0.1) is 5.82 Å². The second-order valence-corrected chi connectivity index (χ2v) is 5.77. The number of hydrogen-bond donors (Lipinski definition) is 2. The maximum atomic E-state index is 14.3. The summed E-state index contributed by atoms with van der Waals surface area (Å²) >= 11 is 0. The van der Waals surface area contributed by atoms with Crippen molar-refractivity contribution >= 4 is 17.6 Å². The lowest BCUT2D eigenvalue weighted by atomic mass is 10.1. The SMILES string of the molecule is NC(=O)CCON=C1CN(c2ncc(-c3cccc(CO)c3F)cn2)C1. The van der Waals surface area contributed by atoms with E-state index in [0.717, 1.165) is 5.71 Å². The molecule has 136 valence electrons. The molecule has 3 rings (SSSR count). The van der Waals surface area contributed by atoms with Crippen molar-refractivity contribution in [3.63, 3.8) is 0 Å². The third-order valence-corrected chi connectivity index (χ3v) is 3.86. The van der Waals surface area contributed by atoms with Gasteiger partial charge in [-0.05, 0) is 0 Å². The summed E-state index contributed by atoms with van der Waals surface area (Å²) < 4.78 is 14.3. The zero-order chi connectivity index (χ0) is 18.5. The number of benzene rings is 1. The molecule has 3 N–H and O–H groups in total. The van der Waals surface area contributed by atoms with Gasteiger partial charge in [0.25, 0.3) is 0 Å². The van der Waals surface area contributed by atoms with Crippen LogP contribution in [0.25, 0.3) is 11.1 Å². The van der Waals surface area contributed by atoms with Crippen LogP contribution in [0.2, 0.25) is 0 Å². The van der Waals surface area contributed by atoms with Gasteiger partial charge in [-0.25, -0.2) is 14.4 Å². The molecular formula is C17H18FN5O3. The number of carbonyl (C=O) groups excluding carboxylic acids is 1. The van der Waals surface area contributed by atoms with E-state index >= 15 is 0 Å². The van der Waals surface area contributed by atoms with Gasteiger partial charge < -0.3 is 20.6 Å². The van der Waals surface area contributed by atoms with Gasteiger partial charge in [0.2, 0.25) is 11.9 Å². The molecule has 1 aliphatic heterocycles. The van der Waals surface area contributed by atoms with Crippen molar-refractivity contribution < 1.29 is 19.1 Å². The van der Waals surface area contributed by atoms with Crippen LogP contribution >= 0.6 is 0 Å². The Morgan fingerprint density at radius 3 is 2.73 bits per heavy atom. The topological polar surface area (TPSA) is 114 Å². The first-order valence-electron chi connectivity index (χ1n) is 8.00. The largest absolute Gasteiger partial charge is 0.395 e. The van der Waals surface area contributed by atoms with Crippen molar-refractivity contribution in [3.8, 4) is 11.1 Å². The molecule has 0 spiro atoms. The number of halogens is 1. The first kappa shape index (κ1) is 17.7. The van der Waals surface area contributed by atoms with Crippen LogP contribution in [0.3, 0.4) is 0 Å². The Balaban J connectivity index is 1.60. The summed E-state index contributed by atoms with van der Waals surface area (Å²) in [4.78, 5) is 26.0. The predicted molar refractivity (Wildman–Crippen MR) is 92.8 cm³/mol. The second kappa shape index (κ2) is 7.87. The minimum atomic E-state index is -0.474. The molecule has 1 aromatic heterocycles. The fourth-order valence-corrected chi connectivity index (χ4v) is 2.43. The summed E-state index contributed by atoms with van der Waals surface area (Å²) in [5.74, 6) is -0.406. The van der Waals surface area contributed by atoms with Crippen LogP contribution < -0.4 is 10.6 Å². The molecule has 1 amide bonds. The number of hydrogen-bond acceptors (Lipinski definition) is 7.